The van der Waals surface area contributed by atoms with Crippen molar-refractivity contribution >= 4 is 5.91 Å². The van der Waals surface area contributed by atoms with Crippen molar-refractivity contribution in [3.8, 4) is 0 Å². The van der Waals surface area contributed by atoms with Crippen molar-refractivity contribution in [2.45, 2.75) is 44.6 Å². The van der Waals surface area contributed by atoms with E-state index in [0.29, 0.717) is 32.5 Å². The molecule has 1 fully saturated rings. The predicted molar refractivity (Wildman–Crippen MR) is 57.5 cm³/mol. The zero-order chi connectivity index (χ0) is 11.1. The lowest BCUT2D eigenvalue weighted by atomic mass is 9.90. The Kier molecular flexibility index (Phi) is 5.05. The fourth-order valence-corrected chi connectivity index (χ4v) is 1.78. The minimum absolute atomic E-state index is 0.00816. The minimum Gasteiger partial charge on any atom is -0.394 e. The summed E-state index contributed by atoms with van der Waals surface area (Å²) in [6.45, 7) is 3.31. The molecule has 0 atom stereocenters. The van der Waals surface area contributed by atoms with Crippen LogP contribution in [0.3, 0.4) is 0 Å². The molecule has 15 heavy (non-hydrogen) atoms. The Morgan fingerprint density at radius 2 is 2.13 bits per heavy atom. The van der Waals surface area contributed by atoms with Gasteiger partial charge in [-0.05, 0) is 19.3 Å². The number of rotatable bonds is 5. The van der Waals surface area contributed by atoms with Crippen LogP contribution in [0.2, 0.25) is 0 Å². The van der Waals surface area contributed by atoms with Crippen molar-refractivity contribution in [2.75, 3.05) is 19.8 Å². The third-order valence-electron chi connectivity index (χ3n) is 2.91. The zero-order valence-electron chi connectivity index (χ0n) is 9.42. The molecule has 2 N–H and O–H groups in total. The van der Waals surface area contributed by atoms with Gasteiger partial charge in [0.2, 0.25) is 5.91 Å². The minimum atomic E-state index is -0.428. The molecule has 1 aliphatic rings. The maximum atomic E-state index is 11.6. The molecule has 0 unspecified atom stereocenters. The highest BCUT2D eigenvalue weighted by Gasteiger charge is 2.33. The van der Waals surface area contributed by atoms with E-state index < -0.39 is 5.54 Å². The second kappa shape index (κ2) is 6.08. The summed E-state index contributed by atoms with van der Waals surface area (Å²) >= 11 is 0. The Morgan fingerprint density at radius 1 is 1.47 bits per heavy atom. The van der Waals surface area contributed by atoms with Crippen LogP contribution in [0, 0.1) is 0 Å². The number of aliphatic hydroxyl groups is 1. The van der Waals surface area contributed by atoms with Crippen molar-refractivity contribution in [2.24, 2.45) is 0 Å². The number of carbonyl (C=O) groups excluding carboxylic acids is 1. The monoisotopic (exact) mass is 215 g/mol. The van der Waals surface area contributed by atoms with E-state index in [1.165, 1.54) is 0 Å². The predicted octanol–water partition coefficient (Wildman–Crippen LogP) is 0.834. The third-order valence-corrected chi connectivity index (χ3v) is 2.91. The van der Waals surface area contributed by atoms with Crippen molar-refractivity contribution in [1.29, 1.82) is 0 Å². The van der Waals surface area contributed by atoms with Gasteiger partial charge in [0, 0.05) is 19.6 Å². The van der Waals surface area contributed by atoms with Crippen molar-refractivity contribution in [1.82, 2.24) is 5.32 Å². The molecule has 1 aliphatic heterocycles. The number of nitrogens with one attached hydrogen (secondary N) is 1. The van der Waals surface area contributed by atoms with Gasteiger partial charge in [-0.3, -0.25) is 4.79 Å². The van der Waals surface area contributed by atoms with Gasteiger partial charge < -0.3 is 15.2 Å². The van der Waals surface area contributed by atoms with E-state index in [4.69, 9.17) is 4.74 Å². The number of aliphatic hydroxyl groups excluding tert-OH is 1. The van der Waals surface area contributed by atoms with Gasteiger partial charge in [0.15, 0.2) is 0 Å². The van der Waals surface area contributed by atoms with Gasteiger partial charge in [0.25, 0.3) is 0 Å². The van der Waals surface area contributed by atoms with Crippen molar-refractivity contribution < 1.29 is 14.6 Å². The number of ether oxygens (including phenoxy) is 1. The fourth-order valence-electron chi connectivity index (χ4n) is 1.78. The Balaban J connectivity index is 2.40. The molecule has 0 aromatic carbocycles. The molecule has 0 aromatic rings. The normalized spacial score (nSPS) is 19.9. The Morgan fingerprint density at radius 3 is 2.67 bits per heavy atom. The highest BCUT2D eigenvalue weighted by atomic mass is 16.5. The summed E-state index contributed by atoms with van der Waals surface area (Å²) in [5, 5.41) is 12.3. The quantitative estimate of drug-likeness (QED) is 0.714. The van der Waals surface area contributed by atoms with E-state index in [2.05, 4.69) is 12.2 Å². The topological polar surface area (TPSA) is 58.6 Å². The molecule has 1 heterocycles. The molecule has 0 aromatic heterocycles. The van der Waals surface area contributed by atoms with Crippen molar-refractivity contribution in [3.05, 3.63) is 0 Å². The Labute approximate surface area is 91.0 Å². The van der Waals surface area contributed by atoms with E-state index in [0.717, 1.165) is 12.8 Å². The van der Waals surface area contributed by atoms with E-state index >= 15 is 0 Å². The van der Waals surface area contributed by atoms with E-state index in [9.17, 15) is 9.90 Å². The van der Waals surface area contributed by atoms with Gasteiger partial charge >= 0.3 is 0 Å². The van der Waals surface area contributed by atoms with Crippen LogP contribution in [0.1, 0.15) is 39.0 Å². The molecule has 1 saturated heterocycles. The van der Waals surface area contributed by atoms with E-state index in [1.807, 2.05) is 0 Å². The first-order valence-corrected chi connectivity index (χ1v) is 5.72. The highest BCUT2D eigenvalue weighted by Crippen LogP contribution is 2.20. The number of unbranched alkanes of at least 4 members (excludes halogenated alkanes) is 1. The highest BCUT2D eigenvalue weighted by molar-refractivity contribution is 5.76. The lowest BCUT2D eigenvalue weighted by molar-refractivity contribution is -0.125. The van der Waals surface area contributed by atoms with Crippen LogP contribution >= 0.6 is 0 Å². The first-order valence-electron chi connectivity index (χ1n) is 5.72. The molecule has 0 spiro atoms. The van der Waals surface area contributed by atoms with Gasteiger partial charge in [-0.1, -0.05) is 13.3 Å². The molecule has 1 amide bonds. The van der Waals surface area contributed by atoms with Crippen LogP contribution in [0.4, 0.5) is 0 Å². The molecule has 4 nitrogen and oxygen atoms in total. The number of amides is 1. The number of carbonyl (C=O) groups is 1. The summed E-state index contributed by atoms with van der Waals surface area (Å²) in [5.41, 5.74) is -0.428. The summed E-state index contributed by atoms with van der Waals surface area (Å²) in [5.74, 6) is 0.0489. The summed E-state index contributed by atoms with van der Waals surface area (Å²) in [4.78, 5) is 11.6. The smallest absolute Gasteiger partial charge is 0.220 e. The number of hydrogen-bond acceptors (Lipinski definition) is 3. The SMILES string of the molecule is CCCCC(=O)NC1(CO)CCOCC1. The average molecular weight is 215 g/mol. The molecule has 88 valence electrons. The molecule has 0 aliphatic carbocycles. The summed E-state index contributed by atoms with van der Waals surface area (Å²) < 4.78 is 5.23. The molecule has 0 radical (unpaired) electrons. The van der Waals surface area contributed by atoms with Crippen LogP contribution in [-0.2, 0) is 9.53 Å². The fraction of sp³-hybridized carbons (Fsp3) is 0.909. The maximum absolute atomic E-state index is 11.6. The summed E-state index contributed by atoms with van der Waals surface area (Å²) in [6.07, 6.45) is 3.90. The summed E-state index contributed by atoms with van der Waals surface area (Å²) in [6, 6.07) is 0. The Bertz CT molecular complexity index is 200. The first-order chi connectivity index (χ1) is 7.22. The molecular formula is C11H21NO3. The molecule has 0 bridgehead atoms. The summed E-state index contributed by atoms with van der Waals surface area (Å²) in [7, 11) is 0. The van der Waals surface area contributed by atoms with Crippen molar-refractivity contribution in [3.63, 3.8) is 0 Å². The van der Waals surface area contributed by atoms with Gasteiger partial charge in [0.1, 0.15) is 0 Å². The van der Waals surface area contributed by atoms with Crippen LogP contribution in [0.5, 0.6) is 0 Å². The average Bonchev–Trinajstić information content (AvgIpc) is 2.27. The van der Waals surface area contributed by atoms with Gasteiger partial charge in [-0.15, -0.1) is 0 Å². The van der Waals surface area contributed by atoms with Crippen LogP contribution in [-0.4, -0.2) is 36.4 Å². The van der Waals surface area contributed by atoms with Crippen LogP contribution in [0.25, 0.3) is 0 Å². The van der Waals surface area contributed by atoms with E-state index in [1.54, 1.807) is 0 Å². The standard InChI is InChI=1S/C11H21NO3/c1-2-3-4-10(14)12-11(9-13)5-7-15-8-6-11/h13H,2-9H2,1H3,(H,12,14). The number of hydrogen-bond donors (Lipinski definition) is 2. The Hall–Kier alpha value is -0.610. The van der Waals surface area contributed by atoms with Gasteiger partial charge in [0.05, 0.1) is 12.1 Å². The van der Waals surface area contributed by atoms with Crippen LogP contribution < -0.4 is 5.32 Å². The zero-order valence-corrected chi connectivity index (χ0v) is 9.42. The maximum Gasteiger partial charge on any atom is 0.220 e. The largest absolute Gasteiger partial charge is 0.394 e. The molecule has 0 saturated carbocycles. The second-order valence-corrected chi connectivity index (χ2v) is 4.20. The first kappa shape index (κ1) is 12.5. The third kappa shape index (κ3) is 3.80. The van der Waals surface area contributed by atoms with Gasteiger partial charge in [-0.2, -0.15) is 0 Å². The molecule has 4 heteroatoms. The molecular weight excluding hydrogens is 194 g/mol. The van der Waals surface area contributed by atoms with Crippen LogP contribution in [0.15, 0.2) is 0 Å². The second-order valence-electron chi connectivity index (χ2n) is 4.20. The van der Waals surface area contributed by atoms with Gasteiger partial charge in [-0.25, -0.2) is 0 Å². The molecule has 1 rings (SSSR count). The lowest BCUT2D eigenvalue weighted by Crippen LogP contribution is -2.54. The lowest BCUT2D eigenvalue weighted by Gasteiger charge is -2.36. The van der Waals surface area contributed by atoms with E-state index in [-0.39, 0.29) is 12.5 Å².